The first kappa shape index (κ1) is 11.0. The predicted octanol–water partition coefficient (Wildman–Crippen LogP) is 1.93. The Labute approximate surface area is 99.5 Å². The fraction of sp³-hybridized carbons (Fsp3) is 0.167. The third-order valence-corrected chi connectivity index (χ3v) is 2.54. The van der Waals surface area contributed by atoms with Crippen molar-refractivity contribution in [1.82, 2.24) is 9.78 Å². The lowest BCUT2D eigenvalue weighted by molar-refractivity contribution is 0.743. The molecule has 2 aromatic rings. The van der Waals surface area contributed by atoms with Crippen molar-refractivity contribution in [2.24, 2.45) is 7.05 Å². The van der Waals surface area contributed by atoms with Crippen LogP contribution in [-0.4, -0.2) is 9.78 Å². The Hall–Kier alpha value is -2.48. The van der Waals surface area contributed by atoms with Gasteiger partial charge in [0.2, 0.25) is 0 Å². The molecule has 3 N–H and O–H groups in total. The number of nitrogens with two attached hydrogens (primary N) is 1. The van der Waals surface area contributed by atoms with Gasteiger partial charge in [-0.25, -0.2) is 0 Å². The molecule has 0 fully saturated rings. The minimum atomic E-state index is 0.508. The second-order valence-corrected chi connectivity index (χ2v) is 3.84. The van der Waals surface area contributed by atoms with E-state index >= 15 is 0 Å². The SMILES string of the molecule is Cc1cc(Nc2ccc(N)cc2C#N)nn1C. The van der Waals surface area contributed by atoms with E-state index in [9.17, 15) is 0 Å². The molecule has 1 heterocycles. The Morgan fingerprint density at radius 2 is 2.18 bits per heavy atom. The van der Waals surface area contributed by atoms with Crippen LogP contribution in [0.3, 0.4) is 0 Å². The fourth-order valence-electron chi connectivity index (χ4n) is 1.52. The molecular formula is C12H13N5. The highest BCUT2D eigenvalue weighted by molar-refractivity contribution is 5.67. The highest BCUT2D eigenvalue weighted by Gasteiger charge is 2.05. The number of anilines is 3. The van der Waals surface area contributed by atoms with Crippen molar-refractivity contribution >= 4 is 17.2 Å². The maximum Gasteiger partial charge on any atom is 0.152 e. The number of aryl methyl sites for hydroxylation is 2. The zero-order valence-electron chi connectivity index (χ0n) is 9.73. The van der Waals surface area contributed by atoms with E-state index in [4.69, 9.17) is 11.0 Å². The molecule has 0 spiro atoms. The average molecular weight is 227 g/mol. The normalized spacial score (nSPS) is 9.94. The Balaban J connectivity index is 2.33. The van der Waals surface area contributed by atoms with E-state index in [0.717, 1.165) is 5.69 Å². The van der Waals surface area contributed by atoms with Gasteiger partial charge in [0.25, 0.3) is 0 Å². The average Bonchev–Trinajstić information content (AvgIpc) is 2.60. The number of nitrogens with one attached hydrogen (secondary N) is 1. The molecule has 0 atom stereocenters. The Morgan fingerprint density at radius 3 is 2.76 bits per heavy atom. The van der Waals surface area contributed by atoms with Crippen LogP contribution in [0.5, 0.6) is 0 Å². The van der Waals surface area contributed by atoms with E-state index in [1.165, 1.54) is 0 Å². The van der Waals surface area contributed by atoms with Crippen molar-refractivity contribution < 1.29 is 0 Å². The third kappa shape index (κ3) is 2.21. The molecule has 0 amide bonds. The zero-order chi connectivity index (χ0) is 12.4. The minimum Gasteiger partial charge on any atom is -0.399 e. The molecule has 1 aromatic carbocycles. The van der Waals surface area contributed by atoms with Crippen LogP contribution in [0.2, 0.25) is 0 Å². The van der Waals surface area contributed by atoms with E-state index in [1.807, 2.05) is 20.0 Å². The van der Waals surface area contributed by atoms with E-state index in [-0.39, 0.29) is 0 Å². The van der Waals surface area contributed by atoms with Gasteiger partial charge in [-0.3, -0.25) is 4.68 Å². The number of nitriles is 1. The van der Waals surface area contributed by atoms with Gasteiger partial charge in [0.1, 0.15) is 6.07 Å². The van der Waals surface area contributed by atoms with Crippen LogP contribution >= 0.6 is 0 Å². The first-order chi connectivity index (χ1) is 8.10. The van der Waals surface area contributed by atoms with Gasteiger partial charge in [0.15, 0.2) is 5.82 Å². The van der Waals surface area contributed by atoms with E-state index in [2.05, 4.69) is 16.5 Å². The lowest BCUT2D eigenvalue weighted by Crippen LogP contribution is -1.97. The maximum absolute atomic E-state index is 9.01. The molecular weight excluding hydrogens is 214 g/mol. The molecule has 86 valence electrons. The molecule has 1 aromatic heterocycles. The third-order valence-electron chi connectivity index (χ3n) is 2.54. The van der Waals surface area contributed by atoms with Gasteiger partial charge < -0.3 is 11.1 Å². The molecule has 0 saturated heterocycles. The van der Waals surface area contributed by atoms with Crippen LogP contribution < -0.4 is 11.1 Å². The summed E-state index contributed by atoms with van der Waals surface area (Å²) in [6, 6.07) is 9.18. The summed E-state index contributed by atoms with van der Waals surface area (Å²) in [6.07, 6.45) is 0. The van der Waals surface area contributed by atoms with Gasteiger partial charge in [-0.15, -0.1) is 0 Å². The summed E-state index contributed by atoms with van der Waals surface area (Å²) in [5.74, 6) is 0.714. The molecule has 5 heteroatoms. The predicted molar refractivity (Wildman–Crippen MR) is 66.8 cm³/mol. The van der Waals surface area contributed by atoms with Gasteiger partial charge >= 0.3 is 0 Å². The Morgan fingerprint density at radius 1 is 1.41 bits per heavy atom. The first-order valence-corrected chi connectivity index (χ1v) is 5.17. The number of hydrogen-bond acceptors (Lipinski definition) is 4. The van der Waals surface area contributed by atoms with Crippen LogP contribution in [0.4, 0.5) is 17.2 Å². The van der Waals surface area contributed by atoms with Gasteiger partial charge in [-0.1, -0.05) is 0 Å². The molecule has 17 heavy (non-hydrogen) atoms. The van der Waals surface area contributed by atoms with E-state index < -0.39 is 0 Å². The molecule has 0 saturated carbocycles. The molecule has 0 unspecified atom stereocenters. The van der Waals surface area contributed by atoms with Gasteiger partial charge in [0.05, 0.1) is 11.3 Å². The summed E-state index contributed by atoms with van der Waals surface area (Å²) in [4.78, 5) is 0. The van der Waals surface area contributed by atoms with Gasteiger partial charge in [-0.2, -0.15) is 10.4 Å². The zero-order valence-corrected chi connectivity index (χ0v) is 9.73. The van der Waals surface area contributed by atoms with Crippen LogP contribution in [0.1, 0.15) is 11.3 Å². The number of benzene rings is 1. The molecule has 0 aliphatic carbocycles. The first-order valence-electron chi connectivity index (χ1n) is 5.17. The Bertz CT molecular complexity index is 572. The number of nitrogens with zero attached hydrogens (tertiary/aromatic N) is 3. The van der Waals surface area contributed by atoms with Gasteiger partial charge in [-0.05, 0) is 25.1 Å². The fourth-order valence-corrected chi connectivity index (χ4v) is 1.52. The van der Waals surface area contributed by atoms with Crippen molar-refractivity contribution in [1.29, 1.82) is 5.26 Å². The number of nitrogen functional groups attached to an aromatic ring is 1. The highest BCUT2D eigenvalue weighted by atomic mass is 15.3. The van der Waals surface area contributed by atoms with Crippen LogP contribution in [0.15, 0.2) is 24.3 Å². The Kier molecular flexibility index (Phi) is 2.71. The summed E-state index contributed by atoms with van der Waals surface area (Å²) in [5, 5.41) is 16.4. The van der Waals surface area contributed by atoms with Crippen LogP contribution in [-0.2, 0) is 7.05 Å². The van der Waals surface area contributed by atoms with Crippen molar-refractivity contribution in [3.8, 4) is 6.07 Å². The minimum absolute atomic E-state index is 0.508. The van der Waals surface area contributed by atoms with Crippen molar-refractivity contribution in [3.05, 3.63) is 35.5 Å². The standard InChI is InChI=1S/C12H13N5/c1-8-5-12(16-17(8)2)15-11-4-3-10(14)6-9(11)7-13/h3-6H,14H2,1-2H3,(H,15,16). The maximum atomic E-state index is 9.01. The summed E-state index contributed by atoms with van der Waals surface area (Å²) in [7, 11) is 1.87. The monoisotopic (exact) mass is 227 g/mol. The summed E-state index contributed by atoms with van der Waals surface area (Å²) < 4.78 is 1.77. The topological polar surface area (TPSA) is 79.7 Å². The highest BCUT2D eigenvalue weighted by Crippen LogP contribution is 2.22. The van der Waals surface area contributed by atoms with Crippen molar-refractivity contribution in [2.45, 2.75) is 6.92 Å². The van der Waals surface area contributed by atoms with Crippen LogP contribution in [0.25, 0.3) is 0 Å². The largest absolute Gasteiger partial charge is 0.399 e. The molecule has 0 aliphatic heterocycles. The second-order valence-electron chi connectivity index (χ2n) is 3.84. The van der Waals surface area contributed by atoms with E-state index in [0.29, 0.717) is 22.8 Å². The van der Waals surface area contributed by atoms with Crippen molar-refractivity contribution in [2.75, 3.05) is 11.1 Å². The second kappa shape index (κ2) is 4.18. The van der Waals surface area contributed by atoms with E-state index in [1.54, 1.807) is 22.9 Å². The molecule has 0 bridgehead atoms. The smallest absolute Gasteiger partial charge is 0.152 e. The molecule has 5 nitrogen and oxygen atoms in total. The lowest BCUT2D eigenvalue weighted by Gasteiger charge is -2.05. The van der Waals surface area contributed by atoms with Crippen LogP contribution in [0, 0.1) is 18.3 Å². The lowest BCUT2D eigenvalue weighted by atomic mass is 10.1. The quantitative estimate of drug-likeness (QED) is 0.768. The van der Waals surface area contributed by atoms with Crippen molar-refractivity contribution in [3.63, 3.8) is 0 Å². The molecule has 0 radical (unpaired) electrons. The molecule has 0 aliphatic rings. The summed E-state index contributed by atoms with van der Waals surface area (Å²) >= 11 is 0. The summed E-state index contributed by atoms with van der Waals surface area (Å²) in [5.41, 5.74) is 8.46. The molecule has 2 rings (SSSR count). The summed E-state index contributed by atoms with van der Waals surface area (Å²) in [6.45, 7) is 1.96. The number of hydrogen-bond donors (Lipinski definition) is 2. The van der Waals surface area contributed by atoms with Gasteiger partial charge in [0, 0.05) is 24.5 Å². The number of aromatic nitrogens is 2. The number of rotatable bonds is 2.